The van der Waals surface area contributed by atoms with Crippen LogP contribution >= 0.6 is 23.2 Å². The van der Waals surface area contributed by atoms with Gasteiger partial charge in [0.05, 0.1) is 11.3 Å². The number of nitrogens with one attached hydrogen (secondary N) is 2. The molecule has 0 fully saturated rings. The molecule has 0 saturated carbocycles. The van der Waals surface area contributed by atoms with Gasteiger partial charge in [-0.2, -0.15) is 0 Å². The standard InChI is InChI=1S/C26H21Cl2FN4O2/c27-17-3-1-2-15(10-17)14-31-26(35)20-6-8-23(33-25(20)30)21-12-19(5-9-24(21)34)32-22-7-4-18(28)11-16(22)13-29/h1-12,32,34H,13-14H2,(H2,30,33)(H,31,35). The molecule has 0 spiro atoms. The minimum Gasteiger partial charge on any atom is -0.507 e. The van der Waals surface area contributed by atoms with Gasteiger partial charge < -0.3 is 21.5 Å². The molecule has 0 bridgehead atoms. The minimum absolute atomic E-state index is 0.0151. The van der Waals surface area contributed by atoms with Crippen LogP contribution in [0.1, 0.15) is 21.5 Å². The second kappa shape index (κ2) is 10.6. The summed E-state index contributed by atoms with van der Waals surface area (Å²) in [5.41, 5.74) is 9.44. The predicted molar refractivity (Wildman–Crippen MR) is 138 cm³/mol. The van der Waals surface area contributed by atoms with Crippen LogP contribution in [0.4, 0.5) is 21.6 Å². The summed E-state index contributed by atoms with van der Waals surface area (Å²) in [5, 5.41) is 17.3. The number of carbonyl (C=O) groups excluding carboxylic acids is 1. The molecule has 6 nitrogen and oxygen atoms in total. The van der Waals surface area contributed by atoms with E-state index in [1.165, 1.54) is 6.07 Å². The Balaban J connectivity index is 1.54. The van der Waals surface area contributed by atoms with E-state index in [1.807, 2.05) is 6.07 Å². The zero-order valence-corrected chi connectivity index (χ0v) is 19.9. The first-order chi connectivity index (χ1) is 16.8. The number of hydrogen-bond donors (Lipinski definition) is 4. The Labute approximate surface area is 211 Å². The van der Waals surface area contributed by atoms with Crippen LogP contribution in [0.15, 0.2) is 72.8 Å². The van der Waals surface area contributed by atoms with Crippen LogP contribution in [0.3, 0.4) is 0 Å². The summed E-state index contributed by atoms with van der Waals surface area (Å²) in [7, 11) is 0. The fraction of sp³-hybridized carbons (Fsp3) is 0.0769. The summed E-state index contributed by atoms with van der Waals surface area (Å²) in [6.45, 7) is -0.409. The second-order valence-corrected chi connectivity index (χ2v) is 8.61. The summed E-state index contributed by atoms with van der Waals surface area (Å²) in [6.07, 6.45) is 0. The first-order valence-electron chi connectivity index (χ1n) is 10.6. The van der Waals surface area contributed by atoms with E-state index in [9.17, 15) is 14.3 Å². The number of amides is 1. The number of phenols is 1. The molecular weight excluding hydrogens is 490 g/mol. The van der Waals surface area contributed by atoms with Crippen molar-refractivity contribution in [1.82, 2.24) is 10.3 Å². The van der Waals surface area contributed by atoms with Gasteiger partial charge in [-0.25, -0.2) is 9.37 Å². The van der Waals surface area contributed by atoms with E-state index >= 15 is 0 Å². The molecule has 0 aliphatic rings. The van der Waals surface area contributed by atoms with E-state index in [0.29, 0.717) is 38.2 Å². The SMILES string of the molecule is Nc1nc(-c2cc(Nc3ccc(Cl)cc3CF)ccc2O)ccc1C(=O)NCc1cccc(Cl)c1. The number of halogens is 3. The van der Waals surface area contributed by atoms with Crippen LogP contribution in [0.25, 0.3) is 11.3 Å². The van der Waals surface area contributed by atoms with E-state index in [-0.39, 0.29) is 29.6 Å². The molecular formula is C26H21Cl2FN4O2. The van der Waals surface area contributed by atoms with Crippen molar-refractivity contribution < 1.29 is 14.3 Å². The van der Waals surface area contributed by atoms with E-state index in [4.69, 9.17) is 28.9 Å². The Morgan fingerprint density at radius 1 is 1.00 bits per heavy atom. The van der Waals surface area contributed by atoms with Crippen molar-refractivity contribution in [2.45, 2.75) is 13.2 Å². The summed E-state index contributed by atoms with van der Waals surface area (Å²) < 4.78 is 13.4. The number of pyridine rings is 1. The summed E-state index contributed by atoms with van der Waals surface area (Å²) in [4.78, 5) is 16.9. The van der Waals surface area contributed by atoms with Crippen LogP contribution in [0.5, 0.6) is 5.75 Å². The molecule has 178 valence electrons. The molecule has 1 amide bonds. The molecule has 1 aromatic heterocycles. The maximum atomic E-state index is 13.4. The molecule has 9 heteroatoms. The lowest BCUT2D eigenvalue weighted by atomic mass is 10.1. The van der Waals surface area contributed by atoms with Crippen molar-refractivity contribution in [3.8, 4) is 17.0 Å². The molecule has 4 aromatic rings. The number of benzene rings is 3. The highest BCUT2D eigenvalue weighted by Gasteiger charge is 2.15. The minimum atomic E-state index is -0.688. The molecule has 4 rings (SSSR count). The molecule has 0 atom stereocenters. The zero-order valence-electron chi connectivity index (χ0n) is 18.4. The predicted octanol–water partition coefficient (Wildman–Crippen LogP) is 6.49. The van der Waals surface area contributed by atoms with Crippen molar-refractivity contribution >= 4 is 46.3 Å². The normalized spacial score (nSPS) is 10.7. The van der Waals surface area contributed by atoms with Gasteiger partial charge in [0.25, 0.3) is 5.91 Å². The number of aromatic nitrogens is 1. The Bertz CT molecular complexity index is 1400. The summed E-state index contributed by atoms with van der Waals surface area (Å²) >= 11 is 11.9. The molecule has 0 aliphatic carbocycles. The maximum absolute atomic E-state index is 13.4. The number of carbonyl (C=O) groups is 1. The smallest absolute Gasteiger partial charge is 0.255 e. The van der Waals surface area contributed by atoms with E-state index in [1.54, 1.807) is 60.7 Å². The van der Waals surface area contributed by atoms with E-state index < -0.39 is 6.67 Å². The highest BCUT2D eigenvalue weighted by atomic mass is 35.5. The fourth-order valence-corrected chi connectivity index (χ4v) is 3.92. The topological polar surface area (TPSA) is 100 Å². The fourth-order valence-electron chi connectivity index (χ4n) is 3.51. The van der Waals surface area contributed by atoms with Crippen LogP contribution in [0.2, 0.25) is 10.0 Å². The molecule has 1 heterocycles. The van der Waals surface area contributed by atoms with Gasteiger partial charge in [-0.05, 0) is 66.2 Å². The third-order valence-electron chi connectivity index (χ3n) is 5.27. The lowest BCUT2D eigenvalue weighted by Gasteiger charge is -2.13. The molecule has 0 radical (unpaired) electrons. The number of alkyl halides is 1. The van der Waals surface area contributed by atoms with Crippen molar-refractivity contribution in [3.05, 3.63) is 99.5 Å². The lowest BCUT2D eigenvalue weighted by molar-refractivity contribution is 0.0951. The Kier molecular flexibility index (Phi) is 7.39. The number of rotatable bonds is 7. The third-order valence-corrected chi connectivity index (χ3v) is 5.74. The maximum Gasteiger partial charge on any atom is 0.255 e. The lowest BCUT2D eigenvalue weighted by Crippen LogP contribution is -2.24. The number of aromatic hydroxyl groups is 1. The average molecular weight is 511 g/mol. The van der Waals surface area contributed by atoms with Gasteiger partial charge in [0.2, 0.25) is 0 Å². The molecule has 0 unspecified atom stereocenters. The van der Waals surface area contributed by atoms with Crippen LogP contribution < -0.4 is 16.4 Å². The van der Waals surface area contributed by atoms with Crippen LogP contribution in [-0.2, 0) is 13.2 Å². The Hall–Kier alpha value is -3.81. The number of nitrogens with two attached hydrogens (primary N) is 1. The van der Waals surface area contributed by atoms with Gasteiger partial charge in [0.15, 0.2) is 0 Å². The van der Waals surface area contributed by atoms with Crippen LogP contribution in [0, 0.1) is 0 Å². The third kappa shape index (κ3) is 5.82. The van der Waals surface area contributed by atoms with Crippen molar-refractivity contribution in [2.75, 3.05) is 11.1 Å². The molecule has 0 saturated heterocycles. The van der Waals surface area contributed by atoms with Crippen molar-refractivity contribution in [1.29, 1.82) is 0 Å². The summed E-state index contributed by atoms with van der Waals surface area (Å²) in [5.74, 6) is -0.397. The number of nitrogen functional groups attached to an aromatic ring is 1. The zero-order chi connectivity index (χ0) is 24.9. The first-order valence-corrected chi connectivity index (χ1v) is 11.3. The molecule has 5 N–H and O–H groups in total. The monoisotopic (exact) mass is 510 g/mol. The summed E-state index contributed by atoms with van der Waals surface area (Å²) in [6, 6.07) is 20.0. The quantitative estimate of drug-likeness (QED) is 0.213. The molecule has 35 heavy (non-hydrogen) atoms. The molecule has 3 aromatic carbocycles. The van der Waals surface area contributed by atoms with Crippen molar-refractivity contribution in [2.24, 2.45) is 0 Å². The van der Waals surface area contributed by atoms with Gasteiger partial charge in [-0.1, -0.05) is 35.3 Å². The number of phenolic OH excluding ortho intramolecular Hbond substituents is 1. The van der Waals surface area contributed by atoms with Gasteiger partial charge in [-0.15, -0.1) is 0 Å². The van der Waals surface area contributed by atoms with Gasteiger partial charge in [-0.3, -0.25) is 4.79 Å². The van der Waals surface area contributed by atoms with Gasteiger partial charge in [0.1, 0.15) is 18.2 Å². The number of hydrogen-bond acceptors (Lipinski definition) is 5. The second-order valence-electron chi connectivity index (χ2n) is 7.73. The van der Waals surface area contributed by atoms with Crippen LogP contribution in [-0.4, -0.2) is 16.0 Å². The van der Waals surface area contributed by atoms with Gasteiger partial charge >= 0.3 is 0 Å². The largest absolute Gasteiger partial charge is 0.507 e. The highest BCUT2D eigenvalue weighted by Crippen LogP contribution is 2.33. The Morgan fingerprint density at radius 2 is 1.80 bits per heavy atom. The van der Waals surface area contributed by atoms with E-state index in [0.717, 1.165) is 5.56 Å². The van der Waals surface area contributed by atoms with Crippen molar-refractivity contribution in [3.63, 3.8) is 0 Å². The van der Waals surface area contributed by atoms with E-state index in [2.05, 4.69) is 15.6 Å². The average Bonchev–Trinajstić information content (AvgIpc) is 2.84. The highest BCUT2D eigenvalue weighted by molar-refractivity contribution is 6.31. The van der Waals surface area contributed by atoms with Gasteiger partial charge in [0, 0.05) is 39.1 Å². The Morgan fingerprint density at radius 3 is 2.54 bits per heavy atom. The molecule has 0 aliphatic heterocycles. The first kappa shape index (κ1) is 24.3. The number of nitrogens with zero attached hydrogens (tertiary/aromatic N) is 1. The number of anilines is 3.